The van der Waals surface area contributed by atoms with E-state index < -0.39 is 0 Å². The maximum atomic E-state index is 10.3. The summed E-state index contributed by atoms with van der Waals surface area (Å²) in [4.78, 5) is 10.5. The van der Waals surface area contributed by atoms with E-state index in [1.807, 2.05) is 0 Å². The van der Waals surface area contributed by atoms with Crippen molar-refractivity contribution in [3.05, 3.63) is 10.1 Å². The third-order valence-electron chi connectivity index (χ3n) is 1.88. The van der Waals surface area contributed by atoms with Crippen molar-refractivity contribution in [1.82, 2.24) is 0 Å². The second kappa shape index (κ2) is 3.32. The van der Waals surface area contributed by atoms with Gasteiger partial charge in [-0.05, 0) is 12.8 Å². The first kappa shape index (κ1) is 7.98. The van der Waals surface area contributed by atoms with E-state index in [4.69, 9.17) is 0 Å². The molecule has 2 unspecified atom stereocenters. The van der Waals surface area contributed by atoms with Gasteiger partial charge in [0.1, 0.15) is 0 Å². The van der Waals surface area contributed by atoms with E-state index in [9.17, 15) is 10.1 Å². The summed E-state index contributed by atoms with van der Waals surface area (Å²) in [5.74, 6) is 0. The zero-order chi connectivity index (χ0) is 7.56. The van der Waals surface area contributed by atoms with Gasteiger partial charge in [0, 0.05) is 22.6 Å². The molecule has 0 aromatic rings. The average molecular weight is 208 g/mol. The van der Waals surface area contributed by atoms with Crippen molar-refractivity contribution in [2.75, 3.05) is 0 Å². The van der Waals surface area contributed by atoms with Crippen LogP contribution in [0.25, 0.3) is 0 Å². The van der Waals surface area contributed by atoms with E-state index >= 15 is 0 Å². The molecule has 0 bridgehead atoms. The van der Waals surface area contributed by atoms with Crippen LogP contribution in [0.3, 0.4) is 0 Å². The van der Waals surface area contributed by atoms with Gasteiger partial charge in [-0.1, -0.05) is 15.9 Å². The lowest BCUT2D eigenvalue weighted by molar-refractivity contribution is -0.525. The molecule has 0 N–H and O–H groups in total. The molecular formula is C6H10BrNO2. The molecule has 4 heteroatoms. The van der Waals surface area contributed by atoms with Crippen LogP contribution in [0, 0.1) is 10.1 Å². The van der Waals surface area contributed by atoms with Gasteiger partial charge < -0.3 is 0 Å². The fourth-order valence-electron chi connectivity index (χ4n) is 1.30. The Morgan fingerprint density at radius 3 is 2.60 bits per heavy atom. The number of alkyl halides is 1. The summed E-state index contributed by atoms with van der Waals surface area (Å²) in [6.45, 7) is 0. The highest BCUT2D eigenvalue weighted by molar-refractivity contribution is 9.09. The van der Waals surface area contributed by atoms with Crippen molar-refractivity contribution in [1.29, 1.82) is 0 Å². The molecule has 1 saturated carbocycles. The summed E-state index contributed by atoms with van der Waals surface area (Å²) in [5.41, 5.74) is 0. The van der Waals surface area contributed by atoms with Gasteiger partial charge in [0.15, 0.2) is 0 Å². The maximum absolute atomic E-state index is 10.3. The zero-order valence-electron chi connectivity index (χ0n) is 5.62. The van der Waals surface area contributed by atoms with Crippen LogP contribution < -0.4 is 0 Å². The molecule has 58 valence electrons. The Bertz CT molecular complexity index is 140. The molecule has 0 aromatic carbocycles. The first-order valence-corrected chi connectivity index (χ1v) is 4.39. The summed E-state index contributed by atoms with van der Waals surface area (Å²) in [7, 11) is 0. The molecule has 0 spiro atoms. The van der Waals surface area contributed by atoms with Crippen molar-refractivity contribution in [3.63, 3.8) is 0 Å². The lowest BCUT2D eigenvalue weighted by Gasteiger charge is -2.18. The van der Waals surface area contributed by atoms with Crippen LogP contribution in [0.1, 0.15) is 25.7 Å². The normalized spacial score (nSPS) is 33.7. The maximum Gasteiger partial charge on any atom is 0.214 e. The molecule has 3 nitrogen and oxygen atoms in total. The van der Waals surface area contributed by atoms with E-state index in [2.05, 4.69) is 15.9 Å². The standard InChI is InChI=1S/C6H10BrNO2/c7-5-2-1-3-6(4-5)8(9)10/h5-6H,1-4H2. The van der Waals surface area contributed by atoms with Crippen LogP contribution in [0.4, 0.5) is 0 Å². The molecular weight excluding hydrogens is 198 g/mol. The lowest BCUT2D eigenvalue weighted by atomic mass is 9.96. The van der Waals surface area contributed by atoms with Gasteiger partial charge in [-0.2, -0.15) is 0 Å². The van der Waals surface area contributed by atoms with Crippen LogP contribution in [-0.4, -0.2) is 15.8 Å². The molecule has 1 aliphatic rings. The van der Waals surface area contributed by atoms with Crippen LogP contribution in [0.2, 0.25) is 0 Å². The fraction of sp³-hybridized carbons (Fsp3) is 1.00. The largest absolute Gasteiger partial charge is 0.264 e. The molecule has 0 saturated heterocycles. The molecule has 1 rings (SSSR count). The van der Waals surface area contributed by atoms with Crippen molar-refractivity contribution >= 4 is 15.9 Å². The fourth-order valence-corrected chi connectivity index (χ4v) is 2.05. The van der Waals surface area contributed by atoms with Crippen LogP contribution in [-0.2, 0) is 0 Å². The van der Waals surface area contributed by atoms with Crippen molar-refractivity contribution in [3.8, 4) is 0 Å². The number of hydrogen-bond donors (Lipinski definition) is 0. The number of nitro groups is 1. The van der Waals surface area contributed by atoms with E-state index in [-0.39, 0.29) is 11.0 Å². The quantitative estimate of drug-likeness (QED) is 0.375. The van der Waals surface area contributed by atoms with Gasteiger partial charge in [-0.25, -0.2) is 0 Å². The minimum atomic E-state index is -0.293. The second-order valence-electron chi connectivity index (χ2n) is 2.70. The highest BCUT2D eigenvalue weighted by atomic mass is 79.9. The summed E-state index contributed by atoms with van der Waals surface area (Å²) >= 11 is 3.39. The molecule has 0 radical (unpaired) electrons. The number of nitrogens with zero attached hydrogens (tertiary/aromatic N) is 1. The topological polar surface area (TPSA) is 43.1 Å². The van der Waals surface area contributed by atoms with Crippen molar-refractivity contribution in [2.45, 2.75) is 36.6 Å². The van der Waals surface area contributed by atoms with E-state index in [0.717, 1.165) is 19.3 Å². The second-order valence-corrected chi connectivity index (χ2v) is 4.00. The molecule has 0 heterocycles. The minimum Gasteiger partial charge on any atom is -0.264 e. The van der Waals surface area contributed by atoms with Gasteiger partial charge in [0.25, 0.3) is 0 Å². The minimum absolute atomic E-state index is 0.159. The Morgan fingerprint density at radius 1 is 1.50 bits per heavy atom. The zero-order valence-corrected chi connectivity index (χ0v) is 7.21. The van der Waals surface area contributed by atoms with E-state index in [1.165, 1.54) is 0 Å². The predicted octanol–water partition coefficient (Wildman–Crippen LogP) is 1.97. The molecule has 0 aliphatic heterocycles. The molecule has 1 aliphatic carbocycles. The predicted molar refractivity (Wildman–Crippen MR) is 42.0 cm³/mol. The van der Waals surface area contributed by atoms with Crippen molar-refractivity contribution < 1.29 is 4.92 Å². The van der Waals surface area contributed by atoms with Gasteiger partial charge in [0.2, 0.25) is 6.04 Å². The number of hydrogen-bond acceptors (Lipinski definition) is 2. The Balaban J connectivity index is 2.39. The van der Waals surface area contributed by atoms with Crippen LogP contribution in [0.5, 0.6) is 0 Å². The van der Waals surface area contributed by atoms with Gasteiger partial charge in [-0.15, -0.1) is 0 Å². The highest BCUT2D eigenvalue weighted by Crippen LogP contribution is 2.25. The van der Waals surface area contributed by atoms with Gasteiger partial charge >= 0.3 is 0 Å². The molecule has 0 aromatic heterocycles. The molecule has 10 heavy (non-hydrogen) atoms. The molecule has 1 fully saturated rings. The Labute approximate surface area is 68.1 Å². The molecule has 0 amide bonds. The Hall–Kier alpha value is -0.120. The average Bonchev–Trinajstić information content (AvgIpc) is 1.88. The van der Waals surface area contributed by atoms with Crippen molar-refractivity contribution in [2.24, 2.45) is 0 Å². The highest BCUT2D eigenvalue weighted by Gasteiger charge is 2.27. The Morgan fingerprint density at radius 2 is 2.20 bits per heavy atom. The van der Waals surface area contributed by atoms with Gasteiger partial charge in [-0.3, -0.25) is 10.1 Å². The summed E-state index contributed by atoms with van der Waals surface area (Å²) in [5, 5.41) is 10.3. The summed E-state index contributed by atoms with van der Waals surface area (Å²) in [6, 6.07) is -0.293. The Kier molecular flexibility index (Phi) is 2.65. The molecule has 2 atom stereocenters. The lowest BCUT2D eigenvalue weighted by Crippen LogP contribution is -2.27. The van der Waals surface area contributed by atoms with E-state index in [0.29, 0.717) is 11.2 Å². The third-order valence-corrected chi connectivity index (χ3v) is 2.71. The van der Waals surface area contributed by atoms with E-state index in [1.54, 1.807) is 0 Å². The monoisotopic (exact) mass is 207 g/mol. The summed E-state index contributed by atoms with van der Waals surface area (Å²) < 4.78 is 0. The number of halogens is 1. The van der Waals surface area contributed by atoms with Crippen LogP contribution in [0.15, 0.2) is 0 Å². The van der Waals surface area contributed by atoms with Gasteiger partial charge in [0.05, 0.1) is 0 Å². The SMILES string of the molecule is O=[N+]([O-])C1CCCC(Br)C1. The smallest absolute Gasteiger partial charge is 0.214 e. The first-order chi connectivity index (χ1) is 4.70. The summed E-state index contributed by atoms with van der Waals surface area (Å²) in [6.07, 6.45) is 3.54. The third kappa shape index (κ3) is 1.94. The first-order valence-electron chi connectivity index (χ1n) is 3.47. The number of rotatable bonds is 1. The van der Waals surface area contributed by atoms with Crippen LogP contribution >= 0.6 is 15.9 Å².